The van der Waals surface area contributed by atoms with Crippen LogP contribution in [0.3, 0.4) is 0 Å². The van der Waals surface area contributed by atoms with E-state index in [1.54, 1.807) is 6.07 Å². The fraction of sp³-hybridized carbons (Fsp3) is 0.238. The average Bonchev–Trinajstić information content (AvgIpc) is 3.24. The van der Waals surface area contributed by atoms with Crippen molar-refractivity contribution < 1.29 is 4.39 Å². The zero-order valence-electron chi connectivity index (χ0n) is 16.0. The number of hydrogen-bond acceptors (Lipinski definition) is 3. The molecular weight excluding hydrogens is 377 g/mol. The van der Waals surface area contributed by atoms with E-state index in [0.29, 0.717) is 10.7 Å². The van der Waals surface area contributed by atoms with Crippen molar-refractivity contribution in [2.24, 2.45) is 0 Å². The number of aryl methyl sites for hydroxylation is 1. The summed E-state index contributed by atoms with van der Waals surface area (Å²) >= 11 is 6.34. The van der Waals surface area contributed by atoms with E-state index in [2.05, 4.69) is 20.5 Å². The van der Waals surface area contributed by atoms with E-state index < -0.39 is 5.54 Å². The second kappa shape index (κ2) is 5.58. The van der Waals surface area contributed by atoms with Crippen molar-refractivity contribution in [1.82, 2.24) is 19.7 Å². The molecule has 0 spiro atoms. The Bertz CT molecular complexity index is 1270. The van der Waals surface area contributed by atoms with Gasteiger partial charge in [-0.25, -0.2) is 4.39 Å². The summed E-state index contributed by atoms with van der Waals surface area (Å²) < 4.78 is 17.3. The highest BCUT2D eigenvalue weighted by Crippen LogP contribution is 2.44. The van der Waals surface area contributed by atoms with Crippen LogP contribution in [0.2, 0.25) is 5.02 Å². The van der Waals surface area contributed by atoms with Crippen LogP contribution in [0.4, 0.5) is 10.1 Å². The normalized spacial score (nSPS) is 14.6. The van der Waals surface area contributed by atoms with Crippen molar-refractivity contribution in [2.75, 3.05) is 5.32 Å². The number of hydrogen-bond donors (Lipinski definition) is 2. The molecule has 2 aromatic carbocycles. The largest absolute Gasteiger partial charge is 0.369 e. The summed E-state index contributed by atoms with van der Waals surface area (Å²) in [6.07, 6.45) is 1.86. The maximum absolute atomic E-state index is 15.3. The first kappa shape index (κ1) is 17.3. The van der Waals surface area contributed by atoms with Gasteiger partial charge in [-0.15, -0.1) is 10.2 Å². The van der Waals surface area contributed by atoms with Crippen molar-refractivity contribution in [3.8, 4) is 16.8 Å². The number of aromatic nitrogens is 4. The van der Waals surface area contributed by atoms with Crippen LogP contribution < -0.4 is 5.32 Å². The zero-order valence-corrected chi connectivity index (χ0v) is 16.7. The molecule has 7 heteroatoms. The lowest BCUT2D eigenvalue weighted by atomic mass is 9.92. The van der Waals surface area contributed by atoms with Crippen LogP contribution in [0.25, 0.3) is 27.7 Å². The molecule has 1 aliphatic heterocycles. The highest BCUT2D eigenvalue weighted by atomic mass is 35.5. The zero-order chi connectivity index (χ0) is 19.8. The molecular formula is C21H19ClFN5. The van der Waals surface area contributed by atoms with Gasteiger partial charge in [-0.3, -0.25) is 4.57 Å². The van der Waals surface area contributed by atoms with Crippen molar-refractivity contribution in [3.05, 3.63) is 58.5 Å². The predicted octanol–water partition coefficient (Wildman–Crippen LogP) is 5.49. The van der Waals surface area contributed by atoms with Crippen molar-refractivity contribution in [1.29, 1.82) is 0 Å². The van der Waals surface area contributed by atoms with Crippen molar-refractivity contribution >= 4 is 28.2 Å². The van der Waals surface area contributed by atoms with E-state index in [-0.39, 0.29) is 5.82 Å². The Kier molecular flexibility index (Phi) is 3.44. The summed E-state index contributed by atoms with van der Waals surface area (Å²) in [7, 11) is 0. The SMILES string of the molecule is Cc1c(-c2cc(Cl)cc3[nH]ccc23)cc(F)c2c1-n1c(C)nnc1C(C)(C)N2. The van der Waals surface area contributed by atoms with Crippen LogP contribution in [-0.2, 0) is 5.54 Å². The Morgan fingerprint density at radius 1 is 1.11 bits per heavy atom. The van der Waals surface area contributed by atoms with Crippen LogP contribution in [0, 0.1) is 19.7 Å². The predicted molar refractivity (Wildman–Crippen MR) is 110 cm³/mol. The minimum Gasteiger partial charge on any atom is -0.369 e. The van der Waals surface area contributed by atoms with Crippen LogP contribution >= 0.6 is 11.6 Å². The molecule has 5 rings (SSSR count). The molecule has 0 fully saturated rings. The van der Waals surface area contributed by atoms with E-state index in [4.69, 9.17) is 11.6 Å². The monoisotopic (exact) mass is 395 g/mol. The van der Waals surface area contributed by atoms with Gasteiger partial charge in [0.25, 0.3) is 0 Å². The van der Waals surface area contributed by atoms with Gasteiger partial charge in [-0.1, -0.05) is 11.6 Å². The summed E-state index contributed by atoms with van der Waals surface area (Å²) in [5, 5.41) is 13.5. The molecule has 1 aliphatic rings. The molecule has 0 saturated carbocycles. The second-order valence-electron chi connectivity index (χ2n) is 7.80. The van der Waals surface area contributed by atoms with Gasteiger partial charge < -0.3 is 10.3 Å². The molecule has 0 unspecified atom stereocenters. The smallest absolute Gasteiger partial charge is 0.162 e. The summed E-state index contributed by atoms with van der Waals surface area (Å²) in [5.41, 5.74) is 4.22. The molecule has 0 amide bonds. The average molecular weight is 396 g/mol. The lowest BCUT2D eigenvalue weighted by molar-refractivity contribution is 0.521. The second-order valence-corrected chi connectivity index (χ2v) is 8.24. The van der Waals surface area contributed by atoms with E-state index in [1.165, 1.54) is 0 Å². The molecule has 2 N–H and O–H groups in total. The van der Waals surface area contributed by atoms with Crippen LogP contribution in [-0.4, -0.2) is 19.7 Å². The topological polar surface area (TPSA) is 58.5 Å². The number of H-pyrrole nitrogens is 1. The van der Waals surface area contributed by atoms with Gasteiger partial charge in [0.15, 0.2) is 5.82 Å². The molecule has 0 bridgehead atoms. The number of nitrogens with one attached hydrogen (secondary N) is 2. The molecule has 0 atom stereocenters. The van der Waals surface area contributed by atoms with Gasteiger partial charge >= 0.3 is 0 Å². The van der Waals surface area contributed by atoms with E-state index in [0.717, 1.165) is 44.9 Å². The Hall–Kier alpha value is -2.86. The van der Waals surface area contributed by atoms with Gasteiger partial charge in [-0.05, 0) is 68.7 Å². The van der Waals surface area contributed by atoms with Gasteiger partial charge in [0.1, 0.15) is 11.6 Å². The quantitative estimate of drug-likeness (QED) is 0.448. The maximum Gasteiger partial charge on any atom is 0.162 e. The third-order valence-corrected chi connectivity index (χ3v) is 5.69. The number of anilines is 1. The first-order chi connectivity index (χ1) is 13.3. The van der Waals surface area contributed by atoms with Gasteiger partial charge in [0.05, 0.1) is 16.9 Å². The molecule has 5 nitrogen and oxygen atoms in total. The molecule has 4 aromatic rings. The fourth-order valence-corrected chi connectivity index (χ4v) is 4.39. The van der Waals surface area contributed by atoms with E-state index >= 15 is 4.39 Å². The summed E-state index contributed by atoms with van der Waals surface area (Å²) in [6, 6.07) is 7.32. The van der Waals surface area contributed by atoms with E-state index in [9.17, 15) is 0 Å². The fourth-order valence-electron chi connectivity index (χ4n) is 4.17. The number of halogens is 2. The van der Waals surface area contributed by atoms with Crippen LogP contribution in [0.15, 0.2) is 30.5 Å². The number of rotatable bonds is 1. The number of fused-ring (bicyclic) bond motifs is 4. The number of benzene rings is 2. The number of aromatic amines is 1. The standard InChI is InChI=1S/C21H19ClFN5/c1-10-14(15-7-12(22)8-17-13(15)5-6-24-17)9-16(23)18-19(10)28-11(2)26-27-20(28)21(3,4)25-18/h5-9,24-25H,1-4H3. The molecule has 3 heterocycles. The molecule has 0 aliphatic carbocycles. The molecule has 0 radical (unpaired) electrons. The summed E-state index contributed by atoms with van der Waals surface area (Å²) in [5.74, 6) is 1.17. The maximum atomic E-state index is 15.3. The lowest BCUT2D eigenvalue weighted by Gasteiger charge is -2.35. The molecule has 142 valence electrons. The lowest BCUT2D eigenvalue weighted by Crippen LogP contribution is -2.37. The highest BCUT2D eigenvalue weighted by Gasteiger charge is 2.37. The Labute approximate surface area is 166 Å². The Balaban J connectivity index is 1.87. The first-order valence-electron chi connectivity index (χ1n) is 9.09. The van der Waals surface area contributed by atoms with Crippen molar-refractivity contribution in [2.45, 2.75) is 33.2 Å². The van der Waals surface area contributed by atoms with Crippen LogP contribution in [0.1, 0.15) is 31.1 Å². The van der Waals surface area contributed by atoms with Gasteiger partial charge in [0, 0.05) is 22.1 Å². The first-order valence-corrected chi connectivity index (χ1v) is 9.47. The third kappa shape index (κ3) is 2.24. The van der Waals surface area contributed by atoms with Gasteiger partial charge in [-0.2, -0.15) is 0 Å². The van der Waals surface area contributed by atoms with Crippen molar-refractivity contribution in [3.63, 3.8) is 0 Å². The minimum atomic E-state index is -0.535. The highest BCUT2D eigenvalue weighted by molar-refractivity contribution is 6.32. The molecule has 2 aromatic heterocycles. The molecule has 28 heavy (non-hydrogen) atoms. The summed E-state index contributed by atoms with van der Waals surface area (Å²) in [6.45, 7) is 7.82. The molecule has 0 saturated heterocycles. The minimum absolute atomic E-state index is 0.314. The third-order valence-electron chi connectivity index (χ3n) is 5.47. The summed E-state index contributed by atoms with van der Waals surface area (Å²) in [4.78, 5) is 3.18. The number of nitrogens with zero attached hydrogens (tertiary/aromatic N) is 3. The van der Waals surface area contributed by atoms with Crippen LogP contribution in [0.5, 0.6) is 0 Å². The van der Waals surface area contributed by atoms with Gasteiger partial charge in [0.2, 0.25) is 0 Å². The van der Waals surface area contributed by atoms with E-state index in [1.807, 2.05) is 56.7 Å². The Morgan fingerprint density at radius 2 is 1.89 bits per heavy atom. The Morgan fingerprint density at radius 3 is 2.68 bits per heavy atom.